The second-order valence-corrected chi connectivity index (χ2v) is 10.7. The maximum absolute atomic E-state index is 13.2. The van der Waals surface area contributed by atoms with Crippen LogP contribution >= 0.6 is 0 Å². The van der Waals surface area contributed by atoms with Gasteiger partial charge in [0.2, 0.25) is 0 Å². The van der Waals surface area contributed by atoms with Crippen molar-refractivity contribution in [2.45, 2.75) is 57.4 Å². The van der Waals surface area contributed by atoms with E-state index in [1.165, 1.54) is 12.0 Å². The third-order valence-corrected chi connectivity index (χ3v) is 8.01. The number of aryl methyl sites for hydroxylation is 1. The van der Waals surface area contributed by atoms with E-state index in [1.54, 1.807) is 4.52 Å². The molecule has 3 aliphatic rings. The second-order valence-electron chi connectivity index (χ2n) is 10.7. The van der Waals surface area contributed by atoms with Gasteiger partial charge in [-0.05, 0) is 56.6 Å². The molecule has 0 saturated heterocycles. The summed E-state index contributed by atoms with van der Waals surface area (Å²) in [5, 5.41) is 7.69. The molecule has 188 valence electrons. The fourth-order valence-corrected chi connectivity index (χ4v) is 5.44. The molecule has 2 unspecified atom stereocenters. The molecule has 1 saturated carbocycles. The Morgan fingerprint density at radius 2 is 1.95 bits per heavy atom. The minimum Gasteiger partial charge on any atom is -0.321 e. The lowest BCUT2D eigenvalue weighted by molar-refractivity contribution is 0.0961. The van der Waals surface area contributed by atoms with Crippen LogP contribution in [0, 0.1) is 12.8 Å². The number of benzene rings is 1. The molecule has 6 heteroatoms. The Balaban J connectivity index is 1.40. The van der Waals surface area contributed by atoms with Gasteiger partial charge in [-0.25, -0.2) is 9.50 Å². The van der Waals surface area contributed by atoms with Crippen LogP contribution in [0.4, 0.5) is 0 Å². The van der Waals surface area contributed by atoms with Crippen LogP contribution < -0.4 is 11.1 Å². The van der Waals surface area contributed by atoms with Gasteiger partial charge in [-0.1, -0.05) is 67.6 Å². The van der Waals surface area contributed by atoms with E-state index < -0.39 is 0 Å². The van der Waals surface area contributed by atoms with E-state index in [9.17, 15) is 4.79 Å². The number of hydrogen-bond donors (Lipinski definition) is 2. The van der Waals surface area contributed by atoms with Gasteiger partial charge in [-0.3, -0.25) is 4.79 Å². The number of carbonyl (C=O) groups excluding carboxylic acids is 1. The maximum atomic E-state index is 13.2. The summed E-state index contributed by atoms with van der Waals surface area (Å²) >= 11 is 0. The first-order chi connectivity index (χ1) is 17.9. The number of carbonyl (C=O) groups is 1. The van der Waals surface area contributed by atoms with Gasteiger partial charge in [0.15, 0.2) is 11.3 Å². The maximum Gasteiger partial charge on any atom is 0.276 e. The molecule has 6 nitrogen and oxygen atoms in total. The second kappa shape index (κ2) is 9.27. The SMILES string of the molecule is Cc1c(C(=O)NC2=CCC(C)C=C2)nn2cc(C3C=CC=CC3)c(-c3ccc(C4(N)CCC4)cc3)nc12. The standard InChI is InChI=1S/C31H33N5O/c1-20-9-15-25(16-10-20)33-30(37)27-21(2)29-34-28(23-11-13-24(14-12-23)31(32)17-6-18-31)26(19-36(29)35-27)22-7-4-3-5-8-22/h3-5,7,9,11-16,19-20,22H,6,8,10,17-18,32H2,1-2H3,(H,33,37). The number of aromatic nitrogens is 3. The fourth-order valence-electron chi connectivity index (χ4n) is 5.44. The Kier molecular flexibility index (Phi) is 5.92. The molecule has 1 amide bonds. The molecular formula is C31H33N5O. The van der Waals surface area contributed by atoms with Crippen molar-refractivity contribution in [3.05, 3.63) is 101 Å². The molecule has 6 rings (SSSR count). The molecule has 2 aromatic heterocycles. The predicted molar refractivity (Wildman–Crippen MR) is 147 cm³/mol. The summed E-state index contributed by atoms with van der Waals surface area (Å²) in [7, 11) is 0. The van der Waals surface area contributed by atoms with Crippen molar-refractivity contribution >= 4 is 11.6 Å². The molecular weight excluding hydrogens is 458 g/mol. The number of allylic oxidation sites excluding steroid dienone is 7. The molecule has 1 fully saturated rings. The molecule has 0 radical (unpaired) electrons. The molecule has 1 aromatic carbocycles. The molecule has 3 aliphatic carbocycles. The Morgan fingerprint density at radius 1 is 1.14 bits per heavy atom. The van der Waals surface area contributed by atoms with E-state index in [-0.39, 0.29) is 17.4 Å². The highest BCUT2D eigenvalue weighted by Gasteiger charge is 2.34. The van der Waals surface area contributed by atoms with Crippen LogP contribution in [0.2, 0.25) is 0 Å². The van der Waals surface area contributed by atoms with Gasteiger partial charge in [0.05, 0.1) is 5.69 Å². The van der Waals surface area contributed by atoms with E-state index in [0.29, 0.717) is 17.3 Å². The molecule has 0 aliphatic heterocycles. The van der Waals surface area contributed by atoms with Crippen molar-refractivity contribution in [2.75, 3.05) is 0 Å². The molecule has 0 spiro atoms. The van der Waals surface area contributed by atoms with Gasteiger partial charge < -0.3 is 11.1 Å². The minimum atomic E-state index is -0.213. The number of nitrogens with two attached hydrogens (primary N) is 1. The quantitative estimate of drug-likeness (QED) is 0.469. The average molecular weight is 492 g/mol. The van der Waals surface area contributed by atoms with Crippen molar-refractivity contribution in [3.63, 3.8) is 0 Å². The molecule has 3 N–H and O–H groups in total. The van der Waals surface area contributed by atoms with Crippen molar-refractivity contribution in [3.8, 4) is 11.3 Å². The van der Waals surface area contributed by atoms with Gasteiger partial charge in [0.25, 0.3) is 5.91 Å². The highest BCUT2D eigenvalue weighted by Crippen LogP contribution is 2.40. The van der Waals surface area contributed by atoms with Crippen LogP contribution in [0.15, 0.2) is 78.7 Å². The van der Waals surface area contributed by atoms with Crippen molar-refractivity contribution < 1.29 is 4.79 Å². The van der Waals surface area contributed by atoms with Gasteiger partial charge in [0.1, 0.15) is 0 Å². The smallest absolute Gasteiger partial charge is 0.276 e. The topological polar surface area (TPSA) is 85.3 Å². The van der Waals surface area contributed by atoms with E-state index in [0.717, 1.165) is 53.8 Å². The van der Waals surface area contributed by atoms with E-state index >= 15 is 0 Å². The Hall–Kier alpha value is -3.77. The zero-order valence-electron chi connectivity index (χ0n) is 21.4. The number of hydrogen-bond acceptors (Lipinski definition) is 4. The number of amides is 1. The summed E-state index contributed by atoms with van der Waals surface area (Å²) in [6.45, 7) is 4.08. The summed E-state index contributed by atoms with van der Waals surface area (Å²) in [6, 6.07) is 8.56. The third-order valence-electron chi connectivity index (χ3n) is 8.01. The number of fused-ring (bicyclic) bond motifs is 1. The fraction of sp³-hybridized carbons (Fsp3) is 0.323. The lowest BCUT2D eigenvalue weighted by Crippen LogP contribution is -2.43. The molecule has 2 heterocycles. The zero-order chi connectivity index (χ0) is 25.6. The summed E-state index contributed by atoms with van der Waals surface area (Å²) in [6.07, 6.45) is 21.8. The Labute approximate surface area is 217 Å². The summed E-state index contributed by atoms with van der Waals surface area (Å²) in [5.41, 5.74) is 13.3. The monoisotopic (exact) mass is 491 g/mol. The molecule has 0 bridgehead atoms. The highest BCUT2D eigenvalue weighted by atomic mass is 16.2. The predicted octanol–water partition coefficient (Wildman–Crippen LogP) is 5.85. The minimum absolute atomic E-state index is 0.186. The van der Waals surface area contributed by atoms with Gasteiger partial charge >= 0.3 is 0 Å². The van der Waals surface area contributed by atoms with Crippen LogP contribution in [-0.2, 0) is 5.54 Å². The van der Waals surface area contributed by atoms with E-state index in [2.05, 4.69) is 78.1 Å². The van der Waals surface area contributed by atoms with Crippen LogP contribution in [-0.4, -0.2) is 20.5 Å². The highest BCUT2D eigenvalue weighted by molar-refractivity contribution is 5.96. The first-order valence-corrected chi connectivity index (χ1v) is 13.2. The lowest BCUT2D eigenvalue weighted by atomic mass is 9.72. The first kappa shape index (κ1) is 23.6. The van der Waals surface area contributed by atoms with Crippen LogP contribution in [0.25, 0.3) is 16.9 Å². The summed E-state index contributed by atoms with van der Waals surface area (Å²) in [4.78, 5) is 18.3. The Morgan fingerprint density at radius 3 is 2.59 bits per heavy atom. The van der Waals surface area contributed by atoms with E-state index in [1.807, 2.05) is 19.2 Å². The number of nitrogens with zero attached hydrogens (tertiary/aromatic N) is 3. The summed E-state index contributed by atoms with van der Waals surface area (Å²) in [5.74, 6) is 0.459. The van der Waals surface area contributed by atoms with Gasteiger partial charge in [-0.2, -0.15) is 5.10 Å². The van der Waals surface area contributed by atoms with Crippen LogP contribution in [0.3, 0.4) is 0 Å². The normalized spacial score (nSPS) is 22.1. The van der Waals surface area contributed by atoms with Crippen LogP contribution in [0.1, 0.15) is 72.1 Å². The largest absolute Gasteiger partial charge is 0.321 e. The number of nitrogens with one attached hydrogen (secondary N) is 1. The van der Waals surface area contributed by atoms with Crippen molar-refractivity contribution in [1.82, 2.24) is 19.9 Å². The molecule has 37 heavy (non-hydrogen) atoms. The van der Waals surface area contributed by atoms with Crippen molar-refractivity contribution in [2.24, 2.45) is 11.7 Å². The van der Waals surface area contributed by atoms with Gasteiger partial charge in [0, 0.05) is 40.0 Å². The van der Waals surface area contributed by atoms with Crippen LogP contribution in [0.5, 0.6) is 0 Å². The van der Waals surface area contributed by atoms with Gasteiger partial charge in [-0.15, -0.1) is 0 Å². The first-order valence-electron chi connectivity index (χ1n) is 13.2. The summed E-state index contributed by atoms with van der Waals surface area (Å²) < 4.78 is 1.76. The third kappa shape index (κ3) is 4.36. The average Bonchev–Trinajstić information content (AvgIpc) is 3.24. The molecule has 2 atom stereocenters. The van der Waals surface area contributed by atoms with E-state index in [4.69, 9.17) is 10.7 Å². The van der Waals surface area contributed by atoms with Crippen molar-refractivity contribution in [1.29, 1.82) is 0 Å². The number of rotatable bonds is 5. The Bertz CT molecular complexity index is 1480. The molecule has 3 aromatic rings. The zero-order valence-corrected chi connectivity index (χ0v) is 21.4. The lowest BCUT2D eigenvalue weighted by Gasteiger charge is -2.38.